The molecule has 0 aromatic heterocycles. The van der Waals surface area contributed by atoms with Gasteiger partial charge < -0.3 is 31.0 Å². The van der Waals surface area contributed by atoms with Gasteiger partial charge in [0.25, 0.3) is 5.97 Å². The maximum absolute atomic E-state index is 11.2. The number of hydrogen-bond acceptors (Lipinski definition) is 9. The summed E-state index contributed by atoms with van der Waals surface area (Å²) in [4.78, 5) is 9.14. The van der Waals surface area contributed by atoms with Crippen molar-refractivity contribution in [1.29, 1.82) is 0 Å². The van der Waals surface area contributed by atoms with Crippen molar-refractivity contribution in [2.45, 2.75) is 97.1 Å². The first-order valence-corrected chi connectivity index (χ1v) is 13.7. The molecule has 1 aromatic rings. The van der Waals surface area contributed by atoms with Crippen LogP contribution in [0.5, 0.6) is 0 Å². The van der Waals surface area contributed by atoms with Crippen LogP contribution in [0.3, 0.4) is 0 Å². The minimum Gasteiger partial charge on any atom is -0.393 e. The Morgan fingerprint density at radius 1 is 1.08 bits per heavy atom. The van der Waals surface area contributed by atoms with E-state index in [0.29, 0.717) is 18.6 Å². The summed E-state index contributed by atoms with van der Waals surface area (Å²) in [6.07, 6.45) is 9.39. The first-order chi connectivity index (χ1) is 18.3. The van der Waals surface area contributed by atoms with E-state index in [0.717, 1.165) is 22.3 Å². The second-order valence-electron chi connectivity index (χ2n) is 10.2. The lowest BCUT2D eigenvalue weighted by Gasteiger charge is -2.22. The number of nitrogens with one attached hydrogen (secondary N) is 2. The predicted molar refractivity (Wildman–Crippen MR) is 157 cm³/mol. The molecule has 1 aliphatic carbocycles. The Bertz CT molecular complexity index is 1080. The summed E-state index contributed by atoms with van der Waals surface area (Å²) in [5, 5.41) is 49.3. The molecule has 0 amide bonds. The highest BCUT2D eigenvalue weighted by atomic mass is 16.7. The van der Waals surface area contributed by atoms with E-state index in [1.807, 2.05) is 70.2 Å². The number of hydrazine groups is 1. The molecule has 0 saturated carbocycles. The van der Waals surface area contributed by atoms with Crippen LogP contribution in [-0.2, 0) is 0 Å². The van der Waals surface area contributed by atoms with Crippen molar-refractivity contribution in [1.82, 2.24) is 10.9 Å². The van der Waals surface area contributed by atoms with E-state index in [1.54, 1.807) is 26.3 Å². The standard InChI is InChI=1S/C28H40N4O5.C2H6/c1-18(20(3)33)19(2)31-23(13-14-28(35,36)37)12-10-21-9-11-22(16-27(4,34)15-21)24-7-5-6-8-25(24)26-29-17-30-32-26;1-2/h5-9,11,15-20,26,32-37H,10,12-14H2,1-4H3,(H,29,30);1-2H3. The highest BCUT2D eigenvalue weighted by molar-refractivity contribution is 5.85. The van der Waals surface area contributed by atoms with Crippen LogP contribution in [0.1, 0.15) is 84.5 Å². The Kier molecular flexibility index (Phi) is 12.2. The van der Waals surface area contributed by atoms with E-state index in [1.165, 1.54) is 0 Å². The molecule has 39 heavy (non-hydrogen) atoms. The highest BCUT2D eigenvalue weighted by Crippen LogP contribution is 2.32. The molecule has 1 aliphatic heterocycles. The maximum Gasteiger partial charge on any atom is 0.275 e. The zero-order valence-corrected chi connectivity index (χ0v) is 24.0. The molecule has 0 fully saturated rings. The summed E-state index contributed by atoms with van der Waals surface area (Å²) in [6.45, 7) is 11.3. The minimum atomic E-state index is -2.77. The SMILES string of the molecule is CC.CC(O)C(C)C(C)N=C(CCC1=CC(C)(O)C=C(c2ccccc2C2N=CNN2)C=C1)CCC(O)(O)O. The molecular formula is C30H46N4O5. The van der Waals surface area contributed by atoms with Gasteiger partial charge in [-0.2, -0.15) is 0 Å². The second kappa shape index (κ2) is 14.6. The molecular weight excluding hydrogens is 496 g/mol. The van der Waals surface area contributed by atoms with Crippen LogP contribution >= 0.6 is 0 Å². The zero-order chi connectivity index (χ0) is 29.2. The van der Waals surface area contributed by atoms with E-state index < -0.39 is 17.7 Å². The molecule has 1 heterocycles. The van der Waals surface area contributed by atoms with Gasteiger partial charge in [0, 0.05) is 23.6 Å². The lowest BCUT2D eigenvalue weighted by atomic mass is 9.94. The van der Waals surface area contributed by atoms with Gasteiger partial charge in [-0.25, -0.2) is 10.4 Å². The Labute approximate surface area is 232 Å². The number of aliphatic hydroxyl groups is 5. The molecule has 216 valence electrons. The van der Waals surface area contributed by atoms with Crippen LogP contribution in [0.15, 0.2) is 64.1 Å². The number of nitrogens with zero attached hydrogens (tertiary/aromatic N) is 2. The topological polar surface area (TPSA) is 150 Å². The first-order valence-electron chi connectivity index (χ1n) is 13.7. The maximum atomic E-state index is 11.2. The van der Waals surface area contributed by atoms with Crippen LogP contribution in [0, 0.1) is 5.92 Å². The fraction of sp³-hybridized carbons (Fsp3) is 0.533. The van der Waals surface area contributed by atoms with Crippen molar-refractivity contribution in [3.63, 3.8) is 0 Å². The molecule has 1 aromatic carbocycles. The summed E-state index contributed by atoms with van der Waals surface area (Å²) in [5.74, 6) is -2.86. The van der Waals surface area contributed by atoms with Gasteiger partial charge in [-0.1, -0.05) is 57.2 Å². The average Bonchev–Trinajstić information content (AvgIpc) is 3.37. The van der Waals surface area contributed by atoms with Crippen molar-refractivity contribution >= 4 is 17.6 Å². The summed E-state index contributed by atoms with van der Waals surface area (Å²) in [6, 6.07) is 7.73. The number of benzene rings is 1. The van der Waals surface area contributed by atoms with Gasteiger partial charge in [0.2, 0.25) is 0 Å². The summed E-state index contributed by atoms with van der Waals surface area (Å²) in [5.41, 5.74) is 9.22. The first kappa shape index (κ1) is 32.6. The Morgan fingerprint density at radius 3 is 2.38 bits per heavy atom. The van der Waals surface area contributed by atoms with Gasteiger partial charge in [-0.05, 0) is 68.9 Å². The monoisotopic (exact) mass is 542 g/mol. The molecule has 3 rings (SSSR count). The smallest absolute Gasteiger partial charge is 0.275 e. The van der Waals surface area contributed by atoms with Crippen LogP contribution in [0.4, 0.5) is 0 Å². The minimum absolute atomic E-state index is 0.0874. The van der Waals surface area contributed by atoms with Crippen molar-refractivity contribution in [2.75, 3.05) is 0 Å². The Balaban J connectivity index is 0.00000260. The number of allylic oxidation sites excluding steroid dienone is 4. The average molecular weight is 543 g/mol. The van der Waals surface area contributed by atoms with Gasteiger partial charge in [0.15, 0.2) is 0 Å². The molecule has 0 saturated heterocycles. The molecule has 9 heteroatoms. The molecule has 0 radical (unpaired) electrons. The predicted octanol–water partition coefficient (Wildman–Crippen LogP) is 3.52. The van der Waals surface area contributed by atoms with Crippen LogP contribution in [0.25, 0.3) is 5.57 Å². The third-order valence-corrected chi connectivity index (χ3v) is 6.84. The molecule has 0 bridgehead atoms. The van der Waals surface area contributed by atoms with Crippen LogP contribution in [-0.4, -0.2) is 61.3 Å². The lowest BCUT2D eigenvalue weighted by molar-refractivity contribution is -0.313. The lowest BCUT2D eigenvalue weighted by Crippen LogP contribution is -2.29. The normalized spacial score (nSPS) is 23.6. The van der Waals surface area contributed by atoms with Crippen molar-refractivity contribution < 1.29 is 25.5 Å². The fourth-order valence-electron chi connectivity index (χ4n) is 4.43. The van der Waals surface area contributed by atoms with Gasteiger partial charge >= 0.3 is 0 Å². The quantitative estimate of drug-likeness (QED) is 0.167. The molecule has 7 N–H and O–H groups in total. The summed E-state index contributed by atoms with van der Waals surface area (Å²) in [7, 11) is 0. The molecule has 2 aliphatic rings. The van der Waals surface area contributed by atoms with Gasteiger partial charge in [0.05, 0.1) is 24.1 Å². The Morgan fingerprint density at radius 2 is 1.77 bits per heavy atom. The third kappa shape index (κ3) is 10.4. The summed E-state index contributed by atoms with van der Waals surface area (Å²) >= 11 is 0. The van der Waals surface area contributed by atoms with E-state index in [-0.39, 0.29) is 31.0 Å². The van der Waals surface area contributed by atoms with E-state index in [9.17, 15) is 25.5 Å². The van der Waals surface area contributed by atoms with Gasteiger partial charge in [0.1, 0.15) is 6.17 Å². The zero-order valence-electron chi connectivity index (χ0n) is 24.0. The number of hydrogen-bond donors (Lipinski definition) is 7. The largest absolute Gasteiger partial charge is 0.393 e. The Hall–Kier alpha value is -2.66. The molecule has 5 atom stereocenters. The second-order valence-corrected chi connectivity index (χ2v) is 10.2. The molecule has 0 spiro atoms. The third-order valence-electron chi connectivity index (χ3n) is 6.84. The number of aliphatic hydroxyl groups excluding tert-OH is 1. The van der Waals surface area contributed by atoms with Crippen molar-refractivity contribution in [3.05, 3.63) is 65.3 Å². The van der Waals surface area contributed by atoms with Crippen molar-refractivity contribution in [3.8, 4) is 0 Å². The number of aliphatic imine (C=N–C) groups is 2. The van der Waals surface area contributed by atoms with Crippen LogP contribution in [0.2, 0.25) is 0 Å². The fourth-order valence-corrected chi connectivity index (χ4v) is 4.43. The van der Waals surface area contributed by atoms with E-state index in [4.69, 9.17) is 4.99 Å². The van der Waals surface area contributed by atoms with E-state index in [2.05, 4.69) is 15.8 Å². The number of rotatable bonds is 11. The highest BCUT2D eigenvalue weighted by Gasteiger charge is 2.24. The molecule has 9 nitrogen and oxygen atoms in total. The van der Waals surface area contributed by atoms with E-state index >= 15 is 0 Å². The van der Waals surface area contributed by atoms with Crippen LogP contribution < -0.4 is 10.9 Å². The molecule has 5 unspecified atom stereocenters. The van der Waals surface area contributed by atoms with Crippen molar-refractivity contribution in [2.24, 2.45) is 15.9 Å². The van der Waals surface area contributed by atoms with Gasteiger partial charge in [-0.15, -0.1) is 0 Å². The van der Waals surface area contributed by atoms with Gasteiger partial charge in [-0.3, -0.25) is 4.99 Å². The summed E-state index contributed by atoms with van der Waals surface area (Å²) < 4.78 is 0.